The van der Waals surface area contributed by atoms with Crippen LogP contribution in [0, 0.1) is 0 Å². The van der Waals surface area contributed by atoms with Crippen molar-refractivity contribution in [3.8, 4) is 0 Å². The number of aliphatic carboxylic acids is 1. The second-order valence-corrected chi connectivity index (χ2v) is 6.45. The van der Waals surface area contributed by atoms with Crippen molar-refractivity contribution < 1.29 is 18.3 Å². The van der Waals surface area contributed by atoms with E-state index in [0.29, 0.717) is 6.42 Å². The summed E-state index contributed by atoms with van der Waals surface area (Å²) in [5.41, 5.74) is -0.542. The highest BCUT2D eigenvalue weighted by atomic mass is 32.2. The third-order valence-electron chi connectivity index (χ3n) is 1.71. The first-order valence-corrected chi connectivity index (χ1v) is 6.45. The van der Waals surface area contributed by atoms with E-state index in [2.05, 4.69) is 4.72 Å². The molecule has 0 aliphatic carbocycles. The van der Waals surface area contributed by atoms with E-state index in [1.54, 1.807) is 20.8 Å². The second-order valence-electron chi connectivity index (χ2n) is 4.68. The summed E-state index contributed by atoms with van der Waals surface area (Å²) in [4.78, 5) is 10.3. The van der Waals surface area contributed by atoms with Crippen molar-refractivity contribution in [3.05, 3.63) is 0 Å². The fraction of sp³-hybridized carbons (Fsp3) is 0.889. The highest BCUT2D eigenvalue weighted by Gasteiger charge is 2.23. The Morgan fingerprint density at radius 2 is 1.88 bits per heavy atom. The fourth-order valence-corrected chi connectivity index (χ4v) is 2.34. The van der Waals surface area contributed by atoms with Gasteiger partial charge in [0.1, 0.15) is 0 Å². The Kier molecular flexibility index (Phi) is 5.37. The van der Waals surface area contributed by atoms with E-state index in [1.165, 1.54) is 7.05 Å². The highest BCUT2D eigenvalue weighted by molar-refractivity contribution is 7.87. The lowest BCUT2D eigenvalue weighted by Gasteiger charge is -2.25. The van der Waals surface area contributed by atoms with Crippen LogP contribution in [0.15, 0.2) is 0 Å². The van der Waals surface area contributed by atoms with Gasteiger partial charge in [0.15, 0.2) is 0 Å². The van der Waals surface area contributed by atoms with E-state index < -0.39 is 21.7 Å². The van der Waals surface area contributed by atoms with E-state index in [-0.39, 0.29) is 13.0 Å². The zero-order valence-corrected chi connectivity index (χ0v) is 11.0. The number of hydrogen-bond acceptors (Lipinski definition) is 3. The Hall–Kier alpha value is -0.660. The molecule has 0 bridgehead atoms. The molecule has 0 heterocycles. The second kappa shape index (κ2) is 5.60. The molecule has 16 heavy (non-hydrogen) atoms. The molecule has 96 valence electrons. The van der Waals surface area contributed by atoms with Gasteiger partial charge in [-0.1, -0.05) is 0 Å². The smallest absolute Gasteiger partial charge is 0.303 e. The summed E-state index contributed by atoms with van der Waals surface area (Å²) >= 11 is 0. The Bertz CT molecular complexity index is 332. The van der Waals surface area contributed by atoms with Gasteiger partial charge >= 0.3 is 5.97 Å². The summed E-state index contributed by atoms with van der Waals surface area (Å²) in [5.74, 6) is -0.922. The van der Waals surface area contributed by atoms with Crippen molar-refractivity contribution in [2.24, 2.45) is 0 Å². The molecule has 6 nitrogen and oxygen atoms in total. The minimum absolute atomic E-state index is 0.0324. The van der Waals surface area contributed by atoms with Gasteiger partial charge in [0, 0.05) is 25.6 Å². The van der Waals surface area contributed by atoms with Gasteiger partial charge in [-0.3, -0.25) is 4.79 Å². The summed E-state index contributed by atoms with van der Waals surface area (Å²) in [6.07, 6.45) is 0.270. The fourth-order valence-electron chi connectivity index (χ4n) is 1.04. The van der Waals surface area contributed by atoms with Crippen LogP contribution in [0.2, 0.25) is 0 Å². The number of carbonyl (C=O) groups is 1. The number of carboxylic acids is 1. The number of carboxylic acid groups (broad SMARTS) is 1. The van der Waals surface area contributed by atoms with Gasteiger partial charge in [0.25, 0.3) is 10.2 Å². The molecule has 0 saturated heterocycles. The lowest BCUT2D eigenvalue weighted by molar-refractivity contribution is -0.137. The lowest BCUT2D eigenvalue weighted by atomic mass is 10.1. The van der Waals surface area contributed by atoms with Crippen LogP contribution in [-0.2, 0) is 15.0 Å². The molecule has 0 saturated carbocycles. The van der Waals surface area contributed by atoms with Gasteiger partial charge in [-0.15, -0.1) is 0 Å². The van der Waals surface area contributed by atoms with Crippen LogP contribution in [0.3, 0.4) is 0 Å². The van der Waals surface area contributed by atoms with E-state index in [4.69, 9.17) is 5.11 Å². The van der Waals surface area contributed by atoms with E-state index in [1.807, 2.05) is 0 Å². The molecule has 0 aliphatic heterocycles. The number of rotatable bonds is 6. The van der Waals surface area contributed by atoms with E-state index in [9.17, 15) is 13.2 Å². The SMILES string of the molecule is CN(CCCC(=O)O)S(=O)(=O)NC(C)(C)C. The standard InChI is InChI=1S/C9H20N2O4S/c1-9(2,3)10-16(14,15)11(4)7-5-6-8(12)13/h10H,5-7H2,1-4H3,(H,12,13). The number of nitrogens with zero attached hydrogens (tertiary/aromatic N) is 1. The van der Waals surface area contributed by atoms with Crippen molar-refractivity contribution in [1.82, 2.24) is 9.03 Å². The van der Waals surface area contributed by atoms with Crippen molar-refractivity contribution in [1.29, 1.82) is 0 Å². The topological polar surface area (TPSA) is 86.7 Å². The molecule has 2 N–H and O–H groups in total. The molecule has 0 fully saturated rings. The molecule has 0 aromatic carbocycles. The van der Waals surface area contributed by atoms with Gasteiger partial charge < -0.3 is 5.11 Å². The van der Waals surface area contributed by atoms with Gasteiger partial charge in [-0.25, -0.2) is 0 Å². The number of hydrogen-bond donors (Lipinski definition) is 2. The van der Waals surface area contributed by atoms with E-state index in [0.717, 1.165) is 4.31 Å². The molecule has 0 unspecified atom stereocenters. The molecule has 7 heteroatoms. The average Bonchev–Trinajstić information content (AvgIpc) is 1.98. The van der Waals surface area contributed by atoms with Crippen LogP contribution in [-0.4, -0.2) is 42.9 Å². The molecule has 0 radical (unpaired) electrons. The maximum Gasteiger partial charge on any atom is 0.303 e. The van der Waals surface area contributed by atoms with Crippen molar-refractivity contribution >= 4 is 16.2 Å². The largest absolute Gasteiger partial charge is 0.481 e. The quantitative estimate of drug-likeness (QED) is 0.717. The van der Waals surface area contributed by atoms with Crippen LogP contribution < -0.4 is 4.72 Å². The van der Waals surface area contributed by atoms with Crippen LogP contribution in [0.25, 0.3) is 0 Å². The summed E-state index contributed by atoms with van der Waals surface area (Å²) in [6, 6.07) is 0. The zero-order chi connectivity index (χ0) is 13.0. The van der Waals surface area contributed by atoms with Crippen molar-refractivity contribution in [2.75, 3.05) is 13.6 Å². The molecular weight excluding hydrogens is 232 g/mol. The average molecular weight is 252 g/mol. The summed E-state index contributed by atoms with van der Waals surface area (Å²) in [5, 5.41) is 8.43. The molecule has 0 spiro atoms. The maximum absolute atomic E-state index is 11.7. The van der Waals surface area contributed by atoms with Crippen LogP contribution >= 0.6 is 0 Å². The van der Waals surface area contributed by atoms with Gasteiger partial charge in [-0.2, -0.15) is 17.4 Å². The number of nitrogens with one attached hydrogen (secondary N) is 1. The summed E-state index contributed by atoms with van der Waals surface area (Å²) in [7, 11) is -2.10. The van der Waals surface area contributed by atoms with Crippen LogP contribution in [0.4, 0.5) is 0 Å². The normalized spacial score (nSPS) is 13.1. The van der Waals surface area contributed by atoms with Gasteiger partial charge in [-0.05, 0) is 27.2 Å². The molecule has 0 amide bonds. The lowest BCUT2D eigenvalue weighted by Crippen LogP contribution is -2.47. The highest BCUT2D eigenvalue weighted by Crippen LogP contribution is 2.05. The summed E-state index contributed by atoms with van der Waals surface area (Å²) < 4.78 is 27.0. The zero-order valence-electron chi connectivity index (χ0n) is 10.1. The predicted molar refractivity (Wildman–Crippen MR) is 61.3 cm³/mol. The van der Waals surface area contributed by atoms with Crippen molar-refractivity contribution in [2.45, 2.75) is 39.2 Å². The molecule has 0 aliphatic rings. The maximum atomic E-state index is 11.7. The third-order valence-corrected chi connectivity index (χ3v) is 3.58. The van der Waals surface area contributed by atoms with E-state index >= 15 is 0 Å². The molecule has 0 atom stereocenters. The molecule has 0 aromatic rings. The summed E-state index contributed by atoms with van der Waals surface area (Å²) in [6.45, 7) is 5.43. The van der Waals surface area contributed by atoms with Gasteiger partial charge in [0.05, 0.1) is 0 Å². The van der Waals surface area contributed by atoms with Crippen LogP contribution in [0.1, 0.15) is 33.6 Å². The molecular formula is C9H20N2O4S. The first kappa shape index (κ1) is 15.3. The first-order chi connectivity index (χ1) is 7.04. The Morgan fingerprint density at radius 3 is 2.25 bits per heavy atom. The molecule has 0 rings (SSSR count). The molecule has 0 aromatic heterocycles. The minimum atomic E-state index is -3.53. The Balaban J connectivity index is 4.26. The monoisotopic (exact) mass is 252 g/mol. The van der Waals surface area contributed by atoms with Crippen molar-refractivity contribution in [3.63, 3.8) is 0 Å². The first-order valence-electron chi connectivity index (χ1n) is 5.01. The predicted octanol–water partition coefficient (Wildman–Crippen LogP) is 0.416. The third kappa shape index (κ3) is 6.76. The Labute approximate surface area is 96.8 Å². The Morgan fingerprint density at radius 1 is 1.38 bits per heavy atom. The minimum Gasteiger partial charge on any atom is -0.481 e. The van der Waals surface area contributed by atoms with Crippen LogP contribution in [0.5, 0.6) is 0 Å². The van der Waals surface area contributed by atoms with Gasteiger partial charge in [0.2, 0.25) is 0 Å².